The van der Waals surface area contributed by atoms with E-state index < -0.39 is 6.04 Å². The molecule has 118 valence electrons. The number of nitrogens with one attached hydrogen (secondary N) is 1. The van der Waals surface area contributed by atoms with Crippen LogP contribution in [0.4, 0.5) is 0 Å². The fourth-order valence-corrected chi connectivity index (χ4v) is 2.96. The number of likely N-dealkylation sites (tertiary alicyclic amines) is 2. The van der Waals surface area contributed by atoms with E-state index in [2.05, 4.69) is 5.32 Å². The van der Waals surface area contributed by atoms with E-state index >= 15 is 0 Å². The Labute approximate surface area is 125 Å². The third-order valence-corrected chi connectivity index (χ3v) is 4.13. The lowest BCUT2D eigenvalue weighted by Gasteiger charge is -2.26. The molecule has 0 radical (unpaired) electrons. The van der Waals surface area contributed by atoms with Crippen molar-refractivity contribution in [3.05, 3.63) is 0 Å². The van der Waals surface area contributed by atoms with Crippen LogP contribution in [0.15, 0.2) is 0 Å². The number of carbonyl (C=O) groups excluding carboxylic acids is 3. The molecule has 0 spiro atoms. The highest BCUT2D eigenvalue weighted by atomic mass is 16.2. The van der Waals surface area contributed by atoms with Gasteiger partial charge in [0.15, 0.2) is 0 Å². The summed E-state index contributed by atoms with van der Waals surface area (Å²) in [5.74, 6) is -0.113. The van der Waals surface area contributed by atoms with Crippen LogP contribution in [0, 0.1) is 0 Å². The van der Waals surface area contributed by atoms with Crippen LogP contribution in [0.1, 0.15) is 45.4 Å². The van der Waals surface area contributed by atoms with Gasteiger partial charge in [0.25, 0.3) is 0 Å². The molecule has 0 bridgehead atoms. The Morgan fingerprint density at radius 1 is 1.24 bits per heavy atom. The van der Waals surface area contributed by atoms with Gasteiger partial charge in [-0.05, 0) is 25.7 Å². The standard InChI is InChI=1S/C15H25N3O3/c1-2-8-18-14(20)11-12(15(18)21)16-7-6-13(19)17-9-4-3-5-10-17/h12,16H,2-11H2,1H3. The van der Waals surface area contributed by atoms with Crippen molar-refractivity contribution in [1.29, 1.82) is 0 Å². The first-order chi connectivity index (χ1) is 10.1. The van der Waals surface area contributed by atoms with E-state index in [0.29, 0.717) is 19.5 Å². The Kier molecular flexibility index (Phi) is 5.73. The second-order valence-corrected chi connectivity index (χ2v) is 5.79. The highest BCUT2D eigenvalue weighted by Crippen LogP contribution is 2.14. The summed E-state index contributed by atoms with van der Waals surface area (Å²) in [7, 11) is 0. The molecule has 21 heavy (non-hydrogen) atoms. The summed E-state index contributed by atoms with van der Waals surface area (Å²) in [5.41, 5.74) is 0. The van der Waals surface area contributed by atoms with E-state index in [-0.39, 0.29) is 24.1 Å². The van der Waals surface area contributed by atoms with E-state index in [1.807, 2.05) is 11.8 Å². The summed E-state index contributed by atoms with van der Waals surface area (Å²) in [6, 6.07) is -0.446. The second kappa shape index (κ2) is 7.54. The molecule has 0 aromatic rings. The monoisotopic (exact) mass is 295 g/mol. The Morgan fingerprint density at radius 2 is 1.95 bits per heavy atom. The highest BCUT2D eigenvalue weighted by Gasteiger charge is 2.37. The van der Waals surface area contributed by atoms with Gasteiger partial charge in [-0.3, -0.25) is 19.3 Å². The van der Waals surface area contributed by atoms with Crippen LogP contribution in [0.25, 0.3) is 0 Å². The summed E-state index contributed by atoms with van der Waals surface area (Å²) >= 11 is 0. The minimum Gasteiger partial charge on any atom is -0.343 e. The molecule has 6 heteroatoms. The zero-order valence-electron chi connectivity index (χ0n) is 12.8. The fourth-order valence-electron chi connectivity index (χ4n) is 2.96. The van der Waals surface area contributed by atoms with E-state index in [9.17, 15) is 14.4 Å². The maximum Gasteiger partial charge on any atom is 0.246 e. The normalized spacial score (nSPS) is 23.0. The first-order valence-electron chi connectivity index (χ1n) is 7.99. The quantitative estimate of drug-likeness (QED) is 0.725. The van der Waals surface area contributed by atoms with Crippen LogP contribution >= 0.6 is 0 Å². The van der Waals surface area contributed by atoms with Gasteiger partial charge in [-0.2, -0.15) is 0 Å². The molecule has 0 aromatic carbocycles. The molecule has 3 amide bonds. The van der Waals surface area contributed by atoms with Crippen molar-refractivity contribution in [3.8, 4) is 0 Å². The van der Waals surface area contributed by atoms with Gasteiger partial charge in [0.05, 0.1) is 12.5 Å². The summed E-state index contributed by atoms with van der Waals surface area (Å²) in [4.78, 5) is 39.0. The lowest BCUT2D eigenvalue weighted by atomic mass is 10.1. The lowest BCUT2D eigenvalue weighted by Crippen LogP contribution is -2.41. The van der Waals surface area contributed by atoms with Crippen LogP contribution in [-0.4, -0.2) is 59.7 Å². The third kappa shape index (κ3) is 4.03. The maximum atomic E-state index is 12.0. The van der Waals surface area contributed by atoms with Gasteiger partial charge in [-0.1, -0.05) is 6.92 Å². The molecule has 0 aliphatic carbocycles. The SMILES string of the molecule is CCCN1C(=O)CC(NCCC(=O)N2CCCCC2)C1=O. The summed E-state index contributed by atoms with van der Waals surface area (Å²) < 4.78 is 0. The third-order valence-electron chi connectivity index (χ3n) is 4.13. The fraction of sp³-hybridized carbons (Fsp3) is 0.800. The number of imide groups is 1. The van der Waals surface area contributed by atoms with Gasteiger partial charge in [0, 0.05) is 32.6 Å². The average Bonchev–Trinajstić information content (AvgIpc) is 2.76. The molecule has 0 saturated carbocycles. The maximum absolute atomic E-state index is 12.0. The lowest BCUT2D eigenvalue weighted by molar-refractivity contribution is -0.139. The van der Waals surface area contributed by atoms with Gasteiger partial charge >= 0.3 is 0 Å². The summed E-state index contributed by atoms with van der Waals surface area (Å²) in [5, 5.41) is 3.06. The average molecular weight is 295 g/mol. The first-order valence-corrected chi connectivity index (χ1v) is 7.99. The smallest absolute Gasteiger partial charge is 0.246 e. The molecule has 2 saturated heterocycles. The summed E-state index contributed by atoms with van der Waals surface area (Å²) in [6.07, 6.45) is 4.76. The van der Waals surface area contributed by atoms with Crippen molar-refractivity contribution >= 4 is 17.7 Å². The Hall–Kier alpha value is -1.43. The number of amides is 3. The molecule has 2 fully saturated rings. The molecule has 6 nitrogen and oxygen atoms in total. The number of hydrogen-bond donors (Lipinski definition) is 1. The minimum absolute atomic E-state index is 0.110. The van der Waals surface area contributed by atoms with Gasteiger partial charge in [0.1, 0.15) is 0 Å². The van der Waals surface area contributed by atoms with Gasteiger partial charge in [0.2, 0.25) is 17.7 Å². The number of hydrogen-bond acceptors (Lipinski definition) is 4. The predicted molar refractivity (Wildman–Crippen MR) is 78.5 cm³/mol. The number of rotatable bonds is 6. The molecule has 1 atom stereocenters. The Morgan fingerprint density at radius 3 is 2.62 bits per heavy atom. The number of nitrogens with zero attached hydrogens (tertiary/aromatic N) is 2. The van der Waals surface area contributed by atoms with E-state index in [4.69, 9.17) is 0 Å². The van der Waals surface area contributed by atoms with Crippen LogP contribution in [0.5, 0.6) is 0 Å². The Balaban J connectivity index is 1.72. The largest absolute Gasteiger partial charge is 0.343 e. The van der Waals surface area contributed by atoms with Crippen LogP contribution in [0.2, 0.25) is 0 Å². The van der Waals surface area contributed by atoms with E-state index in [0.717, 1.165) is 32.4 Å². The van der Waals surface area contributed by atoms with Gasteiger partial charge in [-0.25, -0.2) is 0 Å². The second-order valence-electron chi connectivity index (χ2n) is 5.79. The van der Waals surface area contributed by atoms with Crippen LogP contribution in [0.3, 0.4) is 0 Å². The first kappa shape index (κ1) is 15.9. The van der Waals surface area contributed by atoms with Crippen LogP contribution in [-0.2, 0) is 14.4 Å². The van der Waals surface area contributed by atoms with Gasteiger partial charge < -0.3 is 10.2 Å². The molecule has 1 unspecified atom stereocenters. The molecular formula is C15H25N3O3. The van der Waals surface area contributed by atoms with Gasteiger partial charge in [-0.15, -0.1) is 0 Å². The zero-order valence-corrected chi connectivity index (χ0v) is 12.8. The molecule has 2 aliphatic heterocycles. The van der Waals surface area contributed by atoms with Crippen molar-refractivity contribution < 1.29 is 14.4 Å². The molecular weight excluding hydrogens is 270 g/mol. The topological polar surface area (TPSA) is 69.7 Å². The number of carbonyl (C=O) groups is 3. The molecule has 2 aliphatic rings. The molecule has 2 rings (SSSR count). The van der Waals surface area contributed by atoms with Crippen molar-refractivity contribution in [2.24, 2.45) is 0 Å². The predicted octanol–water partition coefficient (Wildman–Crippen LogP) is 0.516. The molecule has 1 N–H and O–H groups in total. The Bertz CT molecular complexity index is 405. The molecule has 2 heterocycles. The van der Waals surface area contributed by atoms with Crippen molar-refractivity contribution in [3.63, 3.8) is 0 Å². The zero-order chi connectivity index (χ0) is 15.2. The summed E-state index contributed by atoms with van der Waals surface area (Å²) in [6.45, 7) is 4.59. The highest BCUT2D eigenvalue weighted by molar-refractivity contribution is 6.05. The van der Waals surface area contributed by atoms with E-state index in [1.54, 1.807) is 0 Å². The van der Waals surface area contributed by atoms with Crippen molar-refractivity contribution in [2.75, 3.05) is 26.2 Å². The van der Waals surface area contributed by atoms with Crippen molar-refractivity contribution in [2.45, 2.75) is 51.5 Å². The molecule has 0 aromatic heterocycles. The van der Waals surface area contributed by atoms with Crippen molar-refractivity contribution in [1.82, 2.24) is 15.1 Å². The number of piperidine rings is 1. The van der Waals surface area contributed by atoms with E-state index in [1.165, 1.54) is 11.3 Å². The minimum atomic E-state index is -0.446. The van der Waals surface area contributed by atoms with Crippen LogP contribution < -0.4 is 5.32 Å².